The molecule has 0 unspecified atom stereocenters. The van der Waals surface area contributed by atoms with Gasteiger partial charge in [0.1, 0.15) is 0 Å². The van der Waals surface area contributed by atoms with Gasteiger partial charge in [-0.2, -0.15) is 0 Å². The molecule has 28 heavy (non-hydrogen) atoms. The number of hydrogen-bond donors (Lipinski definition) is 1. The molecule has 0 aliphatic carbocycles. The first-order valence-electron chi connectivity index (χ1n) is 10.9. The Morgan fingerprint density at radius 1 is 1.00 bits per heavy atom. The molecule has 2 amide bonds. The summed E-state index contributed by atoms with van der Waals surface area (Å²) in [7, 11) is 0. The van der Waals surface area contributed by atoms with E-state index >= 15 is 0 Å². The van der Waals surface area contributed by atoms with Gasteiger partial charge in [0.15, 0.2) is 0 Å². The van der Waals surface area contributed by atoms with Crippen molar-refractivity contribution in [1.29, 1.82) is 0 Å². The van der Waals surface area contributed by atoms with Crippen molar-refractivity contribution >= 4 is 11.8 Å². The highest BCUT2D eigenvalue weighted by Crippen LogP contribution is 2.20. The Balaban J connectivity index is 1.49. The SMILES string of the molecule is CC(C)C(=O)N1CCC(C(=O)NCc2ccccc2CN2CCCCC2)CC1. The van der Waals surface area contributed by atoms with Crippen molar-refractivity contribution in [3.63, 3.8) is 0 Å². The molecule has 0 saturated carbocycles. The van der Waals surface area contributed by atoms with Gasteiger partial charge in [-0.15, -0.1) is 0 Å². The van der Waals surface area contributed by atoms with Crippen LogP contribution in [0.4, 0.5) is 0 Å². The van der Waals surface area contributed by atoms with Gasteiger partial charge in [0.25, 0.3) is 0 Å². The molecule has 0 spiro atoms. The predicted molar refractivity (Wildman–Crippen MR) is 112 cm³/mol. The Morgan fingerprint density at radius 3 is 2.29 bits per heavy atom. The van der Waals surface area contributed by atoms with Gasteiger partial charge in [0, 0.05) is 38.0 Å². The van der Waals surface area contributed by atoms with Crippen molar-refractivity contribution in [1.82, 2.24) is 15.1 Å². The molecule has 2 aliphatic rings. The van der Waals surface area contributed by atoms with E-state index in [4.69, 9.17) is 0 Å². The quantitative estimate of drug-likeness (QED) is 0.818. The van der Waals surface area contributed by atoms with Crippen molar-refractivity contribution in [3.8, 4) is 0 Å². The van der Waals surface area contributed by atoms with Gasteiger partial charge >= 0.3 is 0 Å². The van der Waals surface area contributed by atoms with Crippen LogP contribution in [0.15, 0.2) is 24.3 Å². The molecule has 0 bridgehead atoms. The molecule has 0 atom stereocenters. The number of carbonyl (C=O) groups is 2. The number of nitrogens with zero attached hydrogens (tertiary/aromatic N) is 2. The molecule has 2 aliphatic heterocycles. The molecule has 2 heterocycles. The molecule has 0 aromatic heterocycles. The predicted octanol–water partition coefficient (Wildman–Crippen LogP) is 3.18. The van der Waals surface area contributed by atoms with E-state index in [1.165, 1.54) is 43.5 Å². The van der Waals surface area contributed by atoms with Crippen molar-refractivity contribution < 1.29 is 9.59 Å². The number of nitrogens with one attached hydrogen (secondary N) is 1. The number of benzene rings is 1. The first kappa shape index (κ1) is 20.8. The number of likely N-dealkylation sites (tertiary alicyclic amines) is 2. The molecule has 3 rings (SSSR count). The van der Waals surface area contributed by atoms with Crippen molar-refractivity contribution in [3.05, 3.63) is 35.4 Å². The summed E-state index contributed by atoms with van der Waals surface area (Å²) < 4.78 is 0. The largest absolute Gasteiger partial charge is 0.352 e. The van der Waals surface area contributed by atoms with Crippen LogP contribution < -0.4 is 5.32 Å². The van der Waals surface area contributed by atoms with Crippen LogP contribution in [0.25, 0.3) is 0 Å². The Labute approximate surface area is 169 Å². The van der Waals surface area contributed by atoms with E-state index in [0.717, 1.165) is 19.4 Å². The molecule has 5 nitrogen and oxygen atoms in total. The van der Waals surface area contributed by atoms with Crippen LogP contribution in [0.2, 0.25) is 0 Å². The summed E-state index contributed by atoms with van der Waals surface area (Å²) >= 11 is 0. The molecule has 1 aromatic rings. The van der Waals surface area contributed by atoms with Gasteiger partial charge in [-0.25, -0.2) is 0 Å². The lowest BCUT2D eigenvalue weighted by atomic mass is 9.95. The minimum atomic E-state index is 0.0190. The average Bonchev–Trinajstić information content (AvgIpc) is 2.73. The van der Waals surface area contributed by atoms with Crippen LogP contribution in [-0.4, -0.2) is 47.8 Å². The molecule has 5 heteroatoms. The van der Waals surface area contributed by atoms with Gasteiger partial charge in [0.05, 0.1) is 0 Å². The molecular formula is C23H35N3O2. The number of piperidine rings is 2. The molecule has 0 radical (unpaired) electrons. The second kappa shape index (κ2) is 10.1. The Morgan fingerprint density at radius 2 is 1.64 bits per heavy atom. The highest BCUT2D eigenvalue weighted by molar-refractivity contribution is 5.80. The van der Waals surface area contributed by atoms with E-state index < -0.39 is 0 Å². The topological polar surface area (TPSA) is 52.7 Å². The molecule has 2 saturated heterocycles. The molecule has 2 fully saturated rings. The van der Waals surface area contributed by atoms with Gasteiger partial charge < -0.3 is 10.2 Å². The van der Waals surface area contributed by atoms with Gasteiger partial charge in [-0.3, -0.25) is 14.5 Å². The third-order valence-electron chi connectivity index (χ3n) is 6.09. The number of rotatable bonds is 6. The summed E-state index contributed by atoms with van der Waals surface area (Å²) in [6, 6.07) is 8.46. The van der Waals surface area contributed by atoms with Crippen molar-refractivity contribution in [2.24, 2.45) is 11.8 Å². The average molecular weight is 386 g/mol. The number of hydrogen-bond acceptors (Lipinski definition) is 3. The number of amides is 2. The normalized spacial score (nSPS) is 19.0. The Hall–Kier alpha value is -1.88. The van der Waals surface area contributed by atoms with Gasteiger partial charge in [-0.1, -0.05) is 44.5 Å². The highest BCUT2D eigenvalue weighted by atomic mass is 16.2. The van der Waals surface area contributed by atoms with Crippen molar-refractivity contribution in [2.45, 2.75) is 59.0 Å². The smallest absolute Gasteiger partial charge is 0.225 e. The minimum absolute atomic E-state index is 0.0190. The zero-order chi connectivity index (χ0) is 19.9. The first-order valence-corrected chi connectivity index (χ1v) is 10.9. The molecule has 154 valence electrons. The summed E-state index contributed by atoms with van der Waals surface area (Å²) in [5, 5.41) is 3.15. The van der Waals surface area contributed by atoms with E-state index in [2.05, 4.69) is 34.5 Å². The number of carbonyl (C=O) groups excluding carboxylic acids is 2. The van der Waals surface area contributed by atoms with Gasteiger partial charge in [-0.05, 0) is 49.9 Å². The fourth-order valence-electron chi connectivity index (χ4n) is 4.30. The third kappa shape index (κ3) is 5.57. The van der Waals surface area contributed by atoms with E-state index in [1.807, 2.05) is 18.7 Å². The zero-order valence-corrected chi connectivity index (χ0v) is 17.5. The third-order valence-corrected chi connectivity index (χ3v) is 6.09. The van der Waals surface area contributed by atoms with Crippen LogP contribution in [0.5, 0.6) is 0 Å². The van der Waals surface area contributed by atoms with Crippen LogP contribution in [0.3, 0.4) is 0 Å². The Kier molecular flexibility index (Phi) is 7.49. The lowest BCUT2D eigenvalue weighted by Crippen LogP contribution is -2.44. The maximum absolute atomic E-state index is 12.7. The fourth-order valence-corrected chi connectivity index (χ4v) is 4.30. The van der Waals surface area contributed by atoms with Crippen LogP contribution in [-0.2, 0) is 22.7 Å². The monoisotopic (exact) mass is 385 g/mol. The van der Waals surface area contributed by atoms with Crippen LogP contribution in [0, 0.1) is 11.8 Å². The van der Waals surface area contributed by atoms with E-state index in [1.54, 1.807) is 0 Å². The Bertz CT molecular complexity index is 660. The second-order valence-electron chi connectivity index (χ2n) is 8.58. The summed E-state index contributed by atoms with van der Waals surface area (Å²) in [5.41, 5.74) is 2.54. The maximum atomic E-state index is 12.7. The highest BCUT2D eigenvalue weighted by Gasteiger charge is 2.28. The summed E-state index contributed by atoms with van der Waals surface area (Å²) in [5.74, 6) is 0.377. The van der Waals surface area contributed by atoms with Crippen LogP contribution >= 0.6 is 0 Å². The fraction of sp³-hybridized carbons (Fsp3) is 0.652. The summed E-state index contributed by atoms with van der Waals surface area (Å²) in [6.45, 7) is 9.17. The lowest BCUT2D eigenvalue weighted by Gasteiger charge is -2.32. The van der Waals surface area contributed by atoms with E-state index in [-0.39, 0.29) is 23.7 Å². The molecule has 1 aromatic carbocycles. The molecular weight excluding hydrogens is 350 g/mol. The standard InChI is InChI=1S/C23H35N3O2/c1-18(2)23(28)26-14-10-19(11-15-26)22(27)24-16-20-8-4-5-9-21(20)17-25-12-6-3-7-13-25/h4-5,8-9,18-19H,3,6-7,10-17H2,1-2H3,(H,24,27). The van der Waals surface area contributed by atoms with Crippen LogP contribution in [0.1, 0.15) is 57.1 Å². The maximum Gasteiger partial charge on any atom is 0.225 e. The lowest BCUT2D eigenvalue weighted by molar-refractivity contribution is -0.138. The summed E-state index contributed by atoms with van der Waals surface area (Å²) in [6.07, 6.45) is 5.45. The first-order chi connectivity index (χ1) is 13.5. The summed E-state index contributed by atoms with van der Waals surface area (Å²) in [4.78, 5) is 29.2. The van der Waals surface area contributed by atoms with Gasteiger partial charge in [0.2, 0.25) is 11.8 Å². The van der Waals surface area contributed by atoms with Crippen molar-refractivity contribution in [2.75, 3.05) is 26.2 Å². The minimum Gasteiger partial charge on any atom is -0.352 e. The zero-order valence-electron chi connectivity index (χ0n) is 17.5. The second-order valence-corrected chi connectivity index (χ2v) is 8.58. The molecule has 1 N–H and O–H groups in total. The van der Waals surface area contributed by atoms with E-state index in [9.17, 15) is 9.59 Å². The van der Waals surface area contributed by atoms with E-state index in [0.29, 0.717) is 19.6 Å².